The van der Waals surface area contributed by atoms with Crippen LogP contribution in [0, 0.1) is 11.8 Å². The molecule has 0 aromatic heterocycles. The molecule has 0 radical (unpaired) electrons. The van der Waals surface area contributed by atoms with E-state index in [2.05, 4.69) is 27.7 Å². The van der Waals surface area contributed by atoms with Crippen LogP contribution in [0.4, 0.5) is 0 Å². The molecule has 3 atom stereocenters. The largest absolute Gasteiger partial charge is 0.507 e. The van der Waals surface area contributed by atoms with E-state index in [-0.39, 0.29) is 5.04 Å². The minimum absolute atomic E-state index is 0.151. The molecule has 2 rings (SSSR count). The number of rotatable bonds is 7. The van der Waals surface area contributed by atoms with Gasteiger partial charge in [0.1, 0.15) is 0 Å². The molecule has 3 unspecified atom stereocenters. The third-order valence-electron chi connectivity index (χ3n) is 4.86. The Balaban J connectivity index is 2.26. The second kappa shape index (κ2) is 5.61. The van der Waals surface area contributed by atoms with Crippen molar-refractivity contribution in [3.8, 4) is 0 Å². The zero-order valence-corrected chi connectivity index (χ0v) is 13.3. The number of hydrogen-bond donors (Lipinski definition) is 0. The molecule has 2 saturated carbocycles. The summed E-state index contributed by atoms with van der Waals surface area (Å²) in [7, 11) is -2.54. The second-order valence-corrected chi connectivity index (χ2v) is 8.97. The van der Waals surface area contributed by atoms with Crippen molar-refractivity contribution >= 4 is 8.80 Å². The lowest BCUT2D eigenvalue weighted by molar-refractivity contribution is 0.0337. The fraction of sp³-hybridized carbons (Fsp3) is 1.00. The molecule has 0 heterocycles. The van der Waals surface area contributed by atoms with Gasteiger partial charge in [0.25, 0.3) is 0 Å². The highest BCUT2D eigenvalue weighted by Gasteiger charge is 2.66. The SMILES string of the molecule is CCO[Si](OCC)(OCC)C1(C)CC2CCC1C2. The normalized spacial score (nSPS) is 35.3. The fourth-order valence-corrected chi connectivity index (χ4v) is 7.85. The van der Waals surface area contributed by atoms with Crippen molar-refractivity contribution in [2.24, 2.45) is 11.8 Å². The van der Waals surface area contributed by atoms with Crippen LogP contribution in [0.5, 0.6) is 0 Å². The van der Waals surface area contributed by atoms with E-state index in [1.807, 2.05) is 0 Å². The van der Waals surface area contributed by atoms with E-state index in [1.54, 1.807) is 0 Å². The molecular weight excluding hydrogens is 244 g/mol. The van der Waals surface area contributed by atoms with Crippen LogP contribution in [0.2, 0.25) is 5.04 Å². The van der Waals surface area contributed by atoms with Crippen molar-refractivity contribution < 1.29 is 13.3 Å². The smallest absolute Gasteiger partial charge is 0.373 e. The summed E-state index contributed by atoms with van der Waals surface area (Å²) in [5.41, 5.74) is 0. The van der Waals surface area contributed by atoms with Gasteiger partial charge < -0.3 is 13.3 Å². The van der Waals surface area contributed by atoms with Gasteiger partial charge in [-0.25, -0.2) is 0 Å². The topological polar surface area (TPSA) is 27.7 Å². The van der Waals surface area contributed by atoms with Gasteiger partial charge in [-0.1, -0.05) is 13.3 Å². The van der Waals surface area contributed by atoms with Crippen molar-refractivity contribution in [1.82, 2.24) is 0 Å². The van der Waals surface area contributed by atoms with Gasteiger partial charge in [0.15, 0.2) is 0 Å². The van der Waals surface area contributed by atoms with Crippen molar-refractivity contribution in [3.63, 3.8) is 0 Å². The molecule has 0 aromatic carbocycles. The average molecular weight is 272 g/mol. The van der Waals surface area contributed by atoms with Crippen molar-refractivity contribution in [2.45, 2.75) is 58.4 Å². The maximum atomic E-state index is 6.14. The Hall–Kier alpha value is 0.0969. The summed E-state index contributed by atoms with van der Waals surface area (Å²) < 4.78 is 18.4. The number of fused-ring (bicyclic) bond motifs is 2. The highest BCUT2D eigenvalue weighted by molar-refractivity contribution is 6.64. The predicted octanol–water partition coefficient (Wildman–Crippen LogP) is 3.62. The van der Waals surface area contributed by atoms with E-state index >= 15 is 0 Å². The van der Waals surface area contributed by atoms with E-state index in [9.17, 15) is 0 Å². The molecule has 2 aliphatic carbocycles. The van der Waals surface area contributed by atoms with Crippen LogP contribution >= 0.6 is 0 Å². The van der Waals surface area contributed by atoms with Gasteiger partial charge in [0.05, 0.1) is 0 Å². The molecule has 4 heteroatoms. The summed E-state index contributed by atoms with van der Waals surface area (Å²) in [5, 5.41) is 0.151. The lowest BCUT2D eigenvalue weighted by Crippen LogP contribution is -2.57. The van der Waals surface area contributed by atoms with Gasteiger partial charge in [-0.15, -0.1) is 0 Å². The maximum Gasteiger partial charge on any atom is 0.507 e. The first-order valence-corrected chi connectivity index (χ1v) is 9.26. The molecule has 2 fully saturated rings. The molecule has 0 spiro atoms. The zero-order chi connectivity index (χ0) is 13.2. The Labute approximate surface area is 113 Å². The Morgan fingerprint density at radius 3 is 1.89 bits per heavy atom. The first-order valence-electron chi connectivity index (χ1n) is 7.53. The fourth-order valence-electron chi connectivity index (χ4n) is 4.17. The quantitative estimate of drug-likeness (QED) is 0.663. The highest BCUT2D eigenvalue weighted by atomic mass is 28.4. The number of hydrogen-bond acceptors (Lipinski definition) is 3. The molecule has 0 aromatic rings. The predicted molar refractivity (Wildman–Crippen MR) is 74.4 cm³/mol. The van der Waals surface area contributed by atoms with Crippen molar-refractivity contribution in [2.75, 3.05) is 19.8 Å². The van der Waals surface area contributed by atoms with Crippen LogP contribution in [0.1, 0.15) is 53.4 Å². The zero-order valence-electron chi connectivity index (χ0n) is 12.3. The lowest BCUT2D eigenvalue weighted by Gasteiger charge is -2.45. The van der Waals surface area contributed by atoms with E-state index < -0.39 is 8.80 Å². The molecule has 18 heavy (non-hydrogen) atoms. The van der Waals surface area contributed by atoms with Crippen LogP contribution in [0.3, 0.4) is 0 Å². The van der Waals surface area contributed by atoms with E-state index in [0.717, 1.165) is 11.8 Å². The lowest BCUT2D eigenvalue weighted by atomic mass is 9.89. The summed E-state index contributed by atoms with van der Waals surface area (Å²) in [4.78, 5) is 0. The van der Waals surface area contributed by atoms with E-state index in [1.165, 1.54) is 25.7 Å². The Morgan fingerprint density at radius 1 is 1.00 bits per heavy atom. The van der Waals surface area contributed by atoms with Crippen molar-refractivity contribution in [1.29, 1.82) is 0 Å². The Morgan fingerprint density at radius 2 is 1.56 bits per heavy atom. The second-order valence-electron chi connectivity index (χ2n) is 5.85. The molecule has 2 aliphatic rings. The molecule has 0 N–H and O–H groups in total. The molecule has 2 bridgehead atoms. The van der Waals surface area contributed by atoms with Crippen LogP contribution in [0.15, 0.2) is 0 Å². The molecule has 0 saturated heterocycles. The van der Waals surface area contributed by atoms with Gasteiger partial charge in [-0.2, -0.15) is 0 Å². The van der Waals surface area contributed by atoms with Gasteiger partial charge in [-0.05, 0) is 51.9 Å². The molecule has 0 aliphatic heterocycles. The summed E-state index contributed by atoms with van der Waals surface area (Å²) in [5.74, 6) is 1.63. The Bertz CT molecular complexity index is 267. The minimum atomic E-state index is -2.54. The van der Waals surface area contributed by atoms with E-state index in [4.69, 9.17) is 13.3 Å². The maximum absolute atomic E-state index is 6.14. The van der Waals surface area contributed by atoms with Crippen LogP contribution in [-0.4, -0.2) is 28.6 Å². The van der Waals surface area contributed by atoms with Gasteiger partial charge in [0.2, 0.25) is 0 Å². The third kappa shape index (κ3) is 2.17. The molecular formula is C14H28O3Si. The summed E-state index contributed by atoms with van der Waals surface area (Å²) in [6.45, 7) is 10.6. The summed E-state index contributed by atoms with van der Waals surface area (Å²) in [6, 6.07) is 0. The average Bonchev–Trinajstić information content (AvgIpc) is 2.90. The first-order chi connectivity index (χ1) is 8.62. The van der Waals surface area contributed by atoms with Crippen LogP contribution < -0.4 is 0 Å². The summed E-state index contributed by atoms with van der Waals surface area (Å²) >= 11 is 0. The molecule has 106 valence electrons. The van der Waals surface area contributed by atoms with E-state index in [0.29, 0.717) is 19.8 Å². The first kappa shape index (κ1) is 14.5. The molecule has 3 nitrogen and oxygen atoms in total. The third-order valence-corrected chi connectivity index (χ3v) is 8.87. The van der Waals surface area contributed by atoms with Gasteiger partial charge >= 0.3 is 8.80 Å². The summed E-state index contributed by atoms with van der Waals surface area (Å²) in [6.07, 6.45) is 5.33. The Kier molecular flexibility index (Phi) is 4.52. The standard InChI is InChI=1S/C14H28O3Si/c1-5-15-18(16-6-2,17-7-3)14(4)11-12-8-9-13(14)10-12/h12-13H,5-11H2,1-4H3. The molecule has 0 amide bonds. The van der Waals surface area contributed by atoms with Crippen LogP contribution in [-0.2, 0) is 13.3 Å². The van der Waals surface area contributed by atoms with Crippen molar-refractivity contribution in [3.05, 3.63) is 0 Å². The highest BCUT2D eigenvalue weighted by Crippen LogP contribution is 2.65. The van der Waals surface area contributed by atoms with Gasteiger partial charge in [0, 0.05) is 24.9 Å². The van der Waals surface area contributed by atoms with Crippen LogP contribution in [0.25, 0.3) is 0 Å². The minimum Gasteiger partial charge on any atom is -0.373 e. The van der Waals surface area contributed by atoms with Gasteiger partial charge in [-0.3, -0.25) is 0 Å². The monoisotopic (exact) mass is 272 g/mol.